The van der Waals surface area contributed by atoms with Crippen LogP contribution in [0.2, 0.25) is 0 Å². The third kappa shape index (κ3) is 3.80. The van der Waals surface area contributed by atoms with Crippen molar-refractivity contribution >= 4 is 17.5 Å². The molecule has 1 aliphatic carbocycles. The van der Waals surface area contributed by atoms with E-state index in [9.17, 15) is 9.59 Å². The minimum atomic E-state index is -0.295. The summed E-state index contributed by atoms with van der Waals surface area (Å²) >= 11 is 0. The topological polar surface area (TPSA) is 88.5 Å². The van der Waals surface area contributed by atoms with Gasteiger partial charge in [0.25, 0.3) is 0 Å². The summed E-state index contributed by atoms with van der Waals surface area (Å²) in [5.74, 6) is 0.529. The third-order valence-electron chi connectivity index (χ3n) is 6.45. The van der Waals surface area contributed by atoms with Crippen LogP contribution in [-0.2, 0) is 20.9 Å². The lowest BCUT2D eigenvalue weighted by atomic mass is 9.67. The van der Waals surface area contributed by atoms with Gasteiger partial charge in [-0.1, -0.05) is 12.8 Å². The Labute approximate surface area is 166 Å². The van der Waals surface area contributed by atoms with Gasteiger partial charge >= 0.3 is 0 Å². The fourth-order valence-corrected chi connectivity index (χ4v) is 5.08. The number of hydrogen-bond acceptors (Lipinski definition) is 5. The van der Waals surface area contributed by atoms with Crippen molar-refractivity contribution in [3.63, 3.8) is 0 Å². The Hall–Kier alpha value is -1.93. The fourth-order valence-electron chi connectivity index (χ4n) is 5.08. The normalized spacial score (nSPS) is 32.8. The molecular weight excluding hydrogens is 358 g/mol. The van der Waals surface area contributed by atoms with Crippen LogP contribution in [0.4, 0.5) is 5.69 Å². The number of fused-ring (bicyclic) bond motifs is 1. The number of rotatable bonds is 4. The van der Waals surface area contributed by atoms with E-state index in [1.54, 1.807) is 17.1 Å². The number of carbonyl (C=O) groups excluding carboxylic acids is 2. The number of hydrogen-bond donors (Lipinski definition) is 2. The van der Waals surface area contributed by atoms with E-state index in [-0.39, 0.29) is 36.0 Å². The summed E-state index contributed by atoms with van der Waals surface area (Å²) in [6.07, 6.45) is 7.84. The van der Waals surface area contributed by atoms with Crippen LogP contribution in [0.15, 0.2) is 12.4 Å². The molecule has 2 amide bonds. The molecule has 0 spiro atoms. The minimum absolute atomic E-state index is 0.0221. The van der Waals surface area contributed by atoms with E-state index in [0.717, 1.165) is 32.4 Å². The van der Waals surface area contributed by atoms with Crippen LogP contribution < -0.4 is 10.6 Å². The Balaban J connectivity index is 1.37. The molecule has 2 saturated heterocycles. The van der Waals surface area contributed by atoms with E-state index < -0.39 is 0 Å². The standard InChI is InChI=1S/C20H31N5O3/c1-14-9-24(10-15(2)28-14)18(26)12-25-11-17(8-22-25)23-19(27)20-6-4-3-5-16(20)7-21-13-20/h8,11,14-16,21H,3-7,9-10,12-13H2,1-2H3,(H,23,27)/t14?,15?,16-,20+/m0/s1. The summed E-state index contributed by atoms with van der Waals surface area (Å²) in [5, 5.41) is 10.7. The molecule has 2 unspecified atom stereocenters. The van der Waals surface area contributed by atoms with Crippen LogP contribution in [0.1, 0.15) is 39.5 Å². The van der Waals surface area contributed by atoms with E-state index >= 15 is 0 Å². The Morgan fingerprint density at radius 2 is 2.11 bits per heavy atom. The highest BCUT2D eigenvalue weighted by atomic mass is 16.5. The summed E-state index contributed by atoms with van der Waals surface area (Å²) in [7, 11) is 0. The number of aromatic nitrogens is 2. The quantitative estimate of drug-likeness (QED) is 0.809. The second kappa shape index (κ2) is 7.83. The lowest BCUT2D eigenvalue weighted by Gasteiger charge is -2.36. The lowest BCUT2D eigenvalue weighted by Crippen LogP contribution is -2.49. The van der Waals surface area contributed by atoms with Crippen molar-refractivity contribution in [1.29, 1.82) is 0 Å². The zero-order chi connectivity index (χ0) is 19.7. The maximum absolute atomic E-state index is 13.0. The van der Waals surface area contributed by atoms with Crippen LogP contribution in [0.3, 0.4) is 0 Å². The van der Waals surface area contributed by atoms with Crippen LogP contribution in [-0.4, -0.2) is 64.9 Å². The van der Waals surface area contributed by atoms with Gasteiger partial charge in [0.1, 0.15) is 6.54 Å². The molecule has 28 heavy (non-hydrogen) atoms. The maximum Gasteiger partial charge on any atom is 0.244 e. The molecule has 0 radical (unpaired) electrons. The third-order valence-corrected chi connectivity index (χ3v) is 6.45. The van der Waals surface area contributed by atoms with E-state index in [0.29, 0.717) is 24.7 Å². The maximum atomic E-state index is 13.0. The molecule has 1 saturated carbocycles. The molecule has 1 aromatic heterocycles. The summed E-state index contributed by atoms with van der Waals surface area (Å²) in [6, 6.07) is 0. The average molecular weight is 390 g/mol. The van der Waals surface area contributed by atoms with E-state index in [1.165, 1.54) is 6.42 Å². The number of amides is 2. The molecule has 2 N–H and O–H groups in total. The van der Waals surface area contributed by atoms with Crippen LogP contribution >= 0.6 is 0 Å². The van der Waals surface area contributed by atoms with Crippen molar-refractivity contribution in [1.82, 2.24) is 20.0 Å². The summed E-state index contributed by atoms with van der Waals surface area (Å²) in [5.41, 5.74) is 0.364. The highest BCUT2D eigenvalue weighted by molar-refractivity contribution is 5.96. The molecule has 4 rings (SSSR count). The van der Waals surface area contributed by atoms with Gasteiger partial charge in [-0.05, 0) is 39.2 Å². The van der Waals surface area contributed by atoms with Gasteiger partial charge in [-0.2, -0.15) is 5.10 Å². The first-order chi connectivity index (χ1) is 13.5. The number of ether oxygens (including phenoxy) is 1. The molecule has 1 aromatic rings. The zero-order valence-corrected chi connectivity index (χ0v) is 16.8. The van der Waals surface area contributed by atoms with Crippen molar-refractivity contribution in [2.75, 3.05) is 31.5 Å². The van der Waals surface area contributed by atoms with Gasteiger partial charge in [-0.15, -0.1) is 0 Å². The average Bonchev–Trinajstić information content (AvgIpc) is 3.28. The Morgan fingerprint density at radius 3 is 2.89 bits per heavy atom. The van der Waals surface area contributed by atoms with E-state index in [4.69, 9.17) is 4.74 Å². The second-order valence-electron chi connectivity index (χ2n) is 8.67. The van der Waals surface area contributed by atoms with Gasteiger partial charge in [-0.3, -0.25) is 14.3 Å². The molecule has 4 atom stereocenters. The number of morpholine rings is 1. The van der Waals surface area contributed by atoms with Gasteiger partial charge in [0, 0.05) is 25.8 Å². The number of nitrogens with one attached hydrogen (secondary N) is 2. The van der Waals surface area contributed by atoms with Crippen molar-refractivity contribution in [2.24, 2.45) is 11.3 Å². The van der Waals surface area contributed by atoms with Crippen LogP contribution in [0.5, 0.6) is 0 Å². The van der Waals surface area contributed by atoms with Gasteiger partial charge in [-0.25, -0.2) is 0 Å². The lowest BCUT2D eigenvalue weighted by molar-refractivity contribution is -0.144. The molecule has 3 aliphatic rings. The molecule has 3 heterocycles. The monoisotopic (exact) mass is 389 g/mol. The predicted octanol–water partition coefficient (Wildman–Crippen LogP) is 1.24. The summed E-state index contributed by atoms with van der Waals surface area (Å²) in [4.78, 5) is 27.5. The Morgan fingerprint density at radius 1 is 1.32 bits per heavy atom. The summed E-state index contributed by atoms with van der Waals surface area (Å²) in [6.45, 7) is 7.02. The molecule has 3 fully saturated rings. The highest BCUT2D eigenvalue weighted by Crippen LogP contribution is 2.44. The Kier molecular flexibility index (Phi) is 5.42. The zero-order valence-electron chi connectivity index (χ0n) is 16.8. The smallest absolute Gasteiger partial charge is 0.244 e. The first-order valence-electron chi connectivity index (χ1n) is 10.4. The second-order valence-corrected chi connectivity index (χ2v) is 8.67. The molecule has 0 aromatic carbocycles. The molecular formula is C20H31N5O3. The molecule has 2 aliphatic heterocycles. The molecule has 154 valence electrons. The van der Waals surface area contributed by atoms with E-state index in [1.807, 2.05) is 18.7 Å². The highest BCUT2D eigenvalue weighted by Gasteiger charge is 2.49. The van der Waals surface area contributed by atoms with Gasteiger partial charge in [0.05, 0.1) is 29.5 Å². The van der Waals surface area contributed by atoms with Crippen LogP contribution in [0.25, 0.3) is 0 Å². The summed E-state index contributed by atoms with van der Waals surface area (Å²) < 4.78 is 7.29. The van der Waals surface area contributed by atoms with Gasteiger partial charge < -0.3 is 20.3 Å². The first-order valence-corrected chi connectivity index (χ1v) is 10.4. The number of nitrogens with zero attached hydrogens (tertiary/aromatic N) is 3. The van der Waals surface area contributed by atoms with Crippen molar-refractivity contribution in [2.45, 2.75) is 58.3 Å². The number of carbonyl (C=O) groups is 2. The van der Waals surface area contributed by atoms with E-state index in [2.05, 4.69) is 15.7 Å². The van der Waals surface area contributed by atoms with Crippen molar-refractivity contribution in [3.8, 4) is 0 Å². The first kappa shape index (κ1) is 19.4. The van der Waals surface area contributed by atoms with Gasteiger partial charge in [0.15, 0.2) is 0 Å². The number of anilines is 1. The SMILES string of the molecule is CC1CN(C(=O)Cn2cc(NC(=O)[C@@]34CCCC[C@H]3CNC4)cn2)CC(C)O1. The molecule has 8 nitrogen and oxygen atoms in total. The predicted molar refractivity (Wildman–Crippen MR) is 105 cm³/mol. The Bertz CT molecular complexity index is 725. The fraction of sp³-hybridized carbons (Fsp3) is 0.750. The molecule has 8 heteroatoms. The van der Waals surface area contributed by atoms with Crippen LogP contribution in [0, 0.1) is 11.3 Å². The minimum Gasteiger partial charge on any atom is -0.372 e. The molecule has 0 bridgehead atoms. The van der Waals surface area contributed by atoms with Gasteiger partial charge in [0.2, 0.25) is 11.8 Å². The largest absolute Gasteiger partial charge is 0.372 e. The van der Waals surface area contributed by atoms with Crippen molar-refractivity contribution < 1.29 is 14.3 Å². The van der Waals surface area contributed by atoms with Crippen molar-refractivity contribution in [3.05, 3.63) is 12.4 Å².